The monoisotopic (exact) mass is 616 g/mol. The fraction of sp³-hybridized carbons (Fsp3) is 0.973. The van der Waals surface area contributed by atoms with Gasteiger partial charge in [-0.3, -0.25) is 4.79 Å². The van der Waals surface area contributed by atoms with E-state index in [0.29, 0.717) is 58.8 Å². The van der Waals surface area contributed by atoms with Gasteiger partial charge < -0.3 is 31.3 Å². The highest BCUT2D eigenvalue weighted by Gasteiger charge is 2.62. The molecule has 0 spiro atoms. The second-order valence-corrected chi connectivity index (χ2v) is 16.9. The van der Waals surface area contributed by atoms with Gasteiger partial charge in [-0.1, -0.05) is 20.8 Å². The predicted molar refractivity (Wildman–Crippen MR) is 181 cm³/mol. The third kappa shape index (κ3) is 7.53. The summed E-state index contributed by atoms with van der Waals surface area (Å²) in [5, 5.41) is 18.9. The molecule has 4 aliphatic carbocycles. The molecule has 1 aliphatic heterocycles. The Morgan fingerprint density at radius 3 is 2.25 bits per heavy atom. The minimum absolute atomic E-state index is 0.143. The number of piperazine rings is 1. The molecule has 0 radical (unpaired) electrons. The first-order valence-corrected chi connectivity index (χ1v) is 18.9. The topological polar surface area (TPSA) is 93.9 Å². The summed E-state index contributed by atoms with van der Waals surface area (Å²) in [5.41, 5.74) is 6.39. The summed E-state index contributed by atoms with van der Waals surface area (Å²) >= 11 is 0. The van der Waals surface area contributed by atoms with Crippen LogP contribution in [-0.2, 0) is 4.79 Å². The molecular formula is C37H69N5O2. The van der Waals surface area contributed by atoms with E-state index in [1.165, 1.54) is 84.1 Å². The van der Waals surface area contributed by atoms with Crippen molar-refractivity contribution in [2.24, 2.45) is 52.1 Å². The fourth-order valence-electron chi connectivity index (χ4n) is 11.5. The van der Waals surface area contributed by atoms with Crippen LogP contribution >= 0.6 is 0 Å². The molecule has 10 atom stereocenters. The maximum atomic E-state index is 12.4. The molecule has 0 aromatic heterocycles. The maximum Gasteiger partial charge on any atom is 0.220 e. The van der Waals surface area contributed by atoms with Gasteiger partial charge in [-0.15, -0.1) is 0 Å². The van der Waals surface area contributed by atoms with Crippen molar-refractivity contribution in [1.29, 1.82) is 0 Å². The van der Waals surface area contributed by atoms with Crippen LogP contribution in [0.15, 0.2) is 0 Å². The molecule has 1 amide bonds. The summed E-state index contributed by atoms with van der Waals surface area (Å²) in [6, 6.07) is 0.831. The predicted octanol–water partition coefficient (Wildman–Crippen LogP) is 4.87. The van der Waals surface area contributed by atoms with E-state index in [2.05, 4.69) is 41.2 Å². The first kappa shape index (κ1) is 34.6. The second-order valence-electron chi connectivity index (χ2n) is 16.9. The van der Waals surface area contributed by atoms with Crippen molar-refractivity contribution < 1.29 is 9.90 Å². The van der Waals surface area contributed by atoms with E-state index in [-0.39, 0.29) is 18.1 Å². The normalized spacial score (nSPS) is 40.3. The van der Waals surface area contributed by atoms with Gasteiger partial charge in [0, 0.05) is 44.7 Å². The van der Waals surface area contributed by atoms with Gasteiger partial charge in [0.25, 0.3) is 0 Å². The standard InChI is InChI=1S/C37H69N5O2/c1-26(2)40-34(44)11-8-27(3)30-9-10-31-35-32(13-15-37(30,31)5)36(4)14-12-29(24-28(36)25-33(35)43)39-17-7-19-42-22-20-41(21-23-42)18-6-16-38/h26-33,35,39,43H,6-25,38H2,1-5H3,(H,40,44)/t27-,28?,29+,30-,31?,32?,33-,35?,36+,37-/m1/s1. The minimum Gasteiger partial charge on any atom is -0.393 e. The van der Waals surface area contributed by atoms with Gasteiger partial charge in [-0.25, -0.2) is 0 Å². The summed E-state index contributed by atoms with van der Waals surface area (Å²) < 4.78 is 0. The van der Waals surface area contributed by atoms with Crippen molar-refractivity contribution in [3.05, 3.63) is 0 Å². The summed E-state index contributed by atoms with van der Waals surface area (Å²) in [6.45, 7) is 20.7. The lowest BCUT2D eigenvalue weighted by Gasteiger charge is -2.62. The number of carbonyl (C=O) groups is 1. The number of hydrogen-bond acceptors (Lipinski definition) is 6. The van der Waals surface area contributed by atoms with E-state index in [4.69, 9.17) is 5.73 Å². The van der Waals surface area contributed by atoms with Crippen LogP contribution in [0.4, 0.5) is 0 Å². The van der Waals surface area contributed by atoms with E-state index >= 15 is 0 Å². The molecule has 1 saturated heterocycles. The third-order valence-electron chi connectivity index (χ3n) is 13.9. The lowest BCUT2D eigenvalue weighted by molar-refractivity contribution is -0.167. The number of carbonyl (C=O) groups excluding carboxylic acids is 1. The Kier molecular flexibility index (Phi) is 11.8. The lowest BCUT2D eigenvalue weighted by Crippen LogP contribution is -2.59. The van der Waals surface area contributed by atoms with Gasteiger partial charge >= 0.3 is 0 Å². The Bertz CT molecular complexity index is 924. The van der Waals surface area contributed by atoms with E-state index in [1.807, 2.05) is 13.8 Å². The summed E-state index contributed by atoms with van der Waals surface area (Å²) in [5.74, 6) is 3.88. The number of fused-ring (bicyclic) bond motifs is 5. The molecule has 0 aromatic rings. The van der Waals surface area contributed by atoms with Crippen LogP contribution in [0.5, 0.6) is 0 Å². The first-order chi connectivity index (χ1) is 21.0. The van der Waals surface area contributed by atoms with Gasteiger partial charge in [0.1, 0.15) is 0 Å². The van der Waals surface area contributed by atoms with E-state index < -0.39 is 0 Å². The maximum absolute atomic E-state index is 12.4. The summed E-state index contributed by atoms with van der Waals surface area (Å²) in [7, 11) is 0. The second kappa shape index (κ2) is 15.0. The number of nitrogens with two attached hydrogens (primary N) is 1. The van der Waals surface area contributed by atoms with Gasteiger partial charge in [0.15, 0.2) is 0 Å². The van der Waals surface area contributed by atoms with Crippen molar-refractivity contribution in [3.8, 4) is 0 Å². The largest absolute Gasteiger partial charge is 0.393 e. The van der Waals surface area contributed by atoms with Crippen LogP contribution in [0.25, 0.3) is 0 Å². The smallest absolute Gasteiger partial charge is 0.220 e. The highest BCUT2D eigenvalue weighted by atomic mass is 16.3. The molecule has 254 valence electrons. The molecule has 7 heteroatoms. The van der Waals surface area contributed by atoms with Crippen LogP contribution in [0, 0.1) is 46.3 Å². The number of hydrogen-bond donors (Lipinski definition) is 4. The lowest BCUT2D eigenvalue weighted by atomic mass is 9.43. The van der Waals surface area contributed by atoms with Gasteiger partial charge in [0.05, 0.1) is 6.10 Å². The Labute approximate surface area is 270 Å². The Hall–Kier alpha value is -0.730. The van der Waals surface area contributed by atoms with Gasteiger partial charge in [-0.05, 0) is 157 Å². The molecule has 7 nitrogen and oxygen atoms in total. The molecule has 5 N–H and O–H groups in total. The van der Waals surface area contributed by atoms with Crippen molar-refractivity contribution in [1.82, 2.24) is 20.4 Å². The minimum atomic E-state index is -0.143. The van der Waals surface area contributed by atoms with E-state index in [9.17, 15) is 9.90 Å². The molecule has 1 heterocycles. The Morgan fingerprint density at radius 2 is 1.57 bits per heavy atom. The Balaban J connectivity index is 1.09. The Morgan fingerprint density at radius 1 is 0.909 bits per heavy atom. The zero-order valence-corrected chi connectivity index (χ0v) is 29.2. The van der Waals surface area contributed by atoms with Gasteiger partial charge in [-0.2, -0.15) is 0 Å². The third-order valence-corrected chi connectivity index (χ3v) is 13.9. The van der Waals surface area contributed by atoms with E-state index in [1.54, 1.807) is 0 Å². The van der Waals surface area contributed by atoms with Crippen molar-refractivity contribution in [2.45, 2.75) is 130 Å². The molecule has 4 saturated carbocycles. The SMILES string of the molecule is CC(C)NC(=O)CC[C@@H](C)[C@H]1CCC2C3C(CC[C@@]21C)[C@@]1(C)CC[C@H](NCCCN2CCN(CCCN)CC2)CC1C[C@H]3O. The molecular weight excluding hydrogens is 546 g/mol. The zero-order chi connectivity index (χ0) is 31.5. The average Bonchev–Trinajstić information content (AvgIpc) is 3.35. The number of rotatable bonds is 13. The first-order valence-electron chi connectivity index (χ1n) is 18.9. The molecule has 0 aromatic carbocycles. The number of nitrogens with one attached hydrogen (secondary N) is 2. The molecule has 5 fully saturated rings. The summed E-state index contributed by atoms with van der Waals surface area (Å²) in [6.07, 6.45) is 13.9. The number of aliphatic hydroxyl groups excluding tert-OH is 1. The molecule has 0 bridgehead atoms. The van der Waals surface area contributed by atoms with Crippen LogP contribution in [0.3, 0.4) is 0 Å². The summed E-state index contributed by atoms with van der Waals surface area (Å²) in [4.78, 5) is 17.6. The molecule has 4 unspecified atom stereocenters. The van der Waals surface area contributed by atoms with Crippen molar-refractivity contribution >= 4 is 5.91 Å². The zero-order valence-electron chi connectivity index (χ0n) is 29.2. The van der Waals surface area contributed by atoms with Crippen LogP contribution < -0.4 is 16.4 Å². The van der Waals surface area contributed by atoms with Crippen LogP contribution in [0.2, 0.25) is 0 Å². The number of amides is 1. The van der Waals surface area contributed by atoms with E-state index in [0.717, 1.165) is 38.9 Å². The van der Waals surface area contributed by atoms with Crippen molar-refractivity contribution in [3.63, 3.8) is 0 Å². The quantitative estimate of drug-likeness (QED) is 0.221. The molecule has 44 heavy (non-hydrogen) atoms. The highest BCUT2D eigenvalue weighted by molar-refractivity contribution is 5.76. The fourth-order valence-corrected chi connectivity index (χ4v) is 11.5. The highest BCUT2D eigenvalue weighted by Crippen LogP contribution is 2.68. The van der Waals surface area contributed by atoms with Gasteiger partial charge in [0.2, 0.25) is 5.91 Å². The molecule has 5 aliphatic rings. The van der Waals surface area contributed by atoms with Crippen molar-refractivity contribution in [2.75, 3.05) is 52.4 Å². The van der Waals surface area contributed by atoms with Crippen LogP contribution in [0.1, 0.15) is 112 Å². The number of aliphatic hydroxyl groups is 1. The van der Waals surface area contributed by atoms with Crippen LogP contribution in [-0.4, -0.2) is 91.4 Å². The number of nitrogens with zero attached hydrogens (tertiary/aromatic N) is 2. The molecule has 5 rings (SSSR count). The average molecular weight is 616 g/mol.